The SMILES string of the molecule is C(CP(c1ccccc1)c1ccccc1)=NC(c1ccccc1)[C@@H](NCc1ccccc1P(c1ccccc1)c1ccccc1)c1ccccc1. The van der Waals surface area contributed by atoms with Gasteiger partial charge in [-0.15, -0.1) is 0 Å². The fourth-order valence-electron chi connectivity index (χ4n) is 6.58. The Morgan fingerprint density at radius 2 is 0.863 bits per heavy atom. The molecule has 1 unspecified atom stereocenters. The van der Waals surface area contributed by atoms with Gasteiger partial charge in [0.2, 0.25) is 0 Å². The van der Waals surface area contributed by atoms with E-state index in [-0.39, 0.29) is 12.1 Å². The lowest BCUT2D eigenvalue weighted by Gasteiger charge is -2.28. The maximum Gasteiger partial charge on any atom is 0.0939 e. The Bertz CT molecular complexity index is 2000. The minimum Gasteiger partial charge on any atom is -0.304 e. The van der Waals surface area contributed by atoms with Gasteiger partial charge < -0.3 is 5.32 Å². The van der Waals surface area contributed by atoms with Gasteiger partial charge >= 0.3 is 0 Å². The van der Waals surface area contributed by atoms with Gasteiger partial charge in [-0.2, -0.15) is 0 Å². The van der Waals surface area contributed by atoms with Crippen LogP contribution in [0.25, 0.3) is 0 Å². The van der Waals surface area contributed by atoms with Gasteiger partial charge in [0.15, 0.2) is 0 Å². The van der Waals surface area contributed by atoms with Crippen molar-refractivity contribution in [1.29, 1.82) is 0 Å². The van der Waals surface area contributed by atoms with Gasteiger partial charge in [-0.3, -0.25) is 4.99 Å². The molecule has 2 atom stereocenters. The largest absolute Gasteiger partial charge is 0.304 e. The van der Waals surface area contributed by atoms with Crippen LogP contribution in [0.2, 0.25) is 0 Å². The summed E-state index contributed by atoms with van der Waals surface area (Å²) in [5, 5.41) is 10.9. The molecule has 0 heterocycles. The average molecular weight is 697 g/mol. The molecular formula is C47H42N2P2. The molecular weight excluding hydrogens is 654 g/mol. The van der Waals surface area contributed by atoms with E-state index in [1.165, 1.54) is 43.2 Å². The molecule has 7 aromatic rings. The summed E-state index contributed by atoms with van der Waals surface area (Å²) in [6, 6.07) is 74.1. The molecule has 7 rings (SSSR count). The first-order chi connectivity index (χ1) is 25.3. The van der Waals surface area contributed by atoms with Crippen molar-refractivity contribution in [1.82, 2.24) is 5.32 Å². The highest BCUT2D eigenvalue weighted by atomic mass is 31.1. The summed E-state index contributed by atoms with van der Waals surface area (Å²) in [4.78, 5) is 5.46. The van der Waals surface area contributed by atoms with Gasteiger partial charge in [0, 0.05) is 18.9 Å². The Morgan fingerprint density at radius 1 is 0.451 bits per heavy atom. The summed E-state index contributed by atoms with van der Waals surface area (Å²) in [7, 11) is -1.33. The van der Waals surface area contributed by atoms with Gasteiger partial charge in [0.1, 0.15) is 0 Å². The molecule has 0 radical (unpaired) electrons. The van der Waals surface area contributed by atoms with Crippen molar-refractivity contribution in [2.75, 3.05) is 6.16 Å². The summed E-state index contributed by atoms with van der Waals surface area (Å²) in [5.41, 5.74) is 3.73. The second kappa shape index (κ2) is 17.8. The molecule has 0 fully saturated rings. The smallest absolute Gasteiger partial charge is 0.0939 e. The van der Waals surface area contributed by atoms with Gasteiger partial charge in [0.25, 0.3) is 0 Å². The summed E-state index contributed by atoms with van der Waals surface area (Å²) in [6.07, 6.45) is 3.06. The fourth-order valence-corrected chi connectivity index (χ4v) is 11.1. The Hall–Kier alpha value is -4.97. The van der Waals surface area contributed by atoms with Crippen molar-refractivity contribution in [2.24, 2.45) is 4.99 Å². The highest BCUT2D eigenvalue weighted by Gasteiger charge is 2.26. The van der Waals surface area contributed by atoms with Crippen LogP contribution in [0.3, 0.4) is 0 Å². The first-order valence-electron chi connectivity index (χ1n) is 17.6. The Morgan fingerprint density at radius 3 is 1.37 bits per heavy atom. The summed E-state index contributed by atoms with van der Waals surface area (Å²) in [6.45, 7) is 0.716. The minimum absolute atomic E-state index is 0.0442. The molecule has 7 aromatic carbocycles. The predicted octanol–water partition coefficient (Wildman–Crippen LogP) is 9.22. The Balaban J connectivity index is 1.24. The number of nitrogens with zero attached hydrogens (tertiary/aromatic N) is 1. The average Bonchev–Trinajstić information content (AvgIpc) is 3.21. The van der Waals surface area contributed by atoms with Crippen LogP contribution in [-0.4, -0.2) is 12.4 Å². The zero-order valence-corrected chi connectivity index (χ0v) is 30.4. The third kappa shape index (κ3) is 8.86. The van der Waals surface area contributed by atoms with Crippen LogP contribution in [0.1, 0.15) is 28.8 Å². The number of nitrogens with one attached hydrogen (secondary N) is 1. The molecule has 0 bridgehead atoms. The molecule has 0 aliphatic carbocycles. The Kier molecular flexibility index (Phi) is 12.0. The van der Waals surface area contributed by atoms with Crippen LogP contribution >= 0.6 is 15.8 Å². The van der Waals surface area contributed by atoms with Gasteiger partial charge in [-0.05, 0) is 59.1 Å². The van der Waals surface area contributed by atoms with Gasteiger partial charge in [-0.25, -0.2) is 0 Å². The normalized spacial score (nSPS) is 12.7. The Labute approximate surface area is 305 Å². The van der Waals surface area contributed by atoms with Crippen LogP contribution in [0.5, 0.6) is 0 Å². The molecule has 250 valence electrons. The predicted molar refractivity (Wildman–Crippen MR) is 223 cm³/mol. The molecule has 0 aliphatic heterocycles. The highest BCUT2D eigenvalue weighted by Crippen LogP contribution is 2.37. The molecule has 0 aliphatic rings. The van der Waals surface area contributed by atoms with E-state index < -0.39 is 15.8 Å². The standard InChI is InChI=1S/C47H42N2P2/c1-7-21-38(22-8-1)46(48-35-36-50(41-26-11-3-12-27-41)42-28-13-4-14-29-42)47(39-23-9-2-10-24-39)49-37-40-25-19-20-34-45(40)51(43-30-15-5-16-31-43)44-32-17-6-18-33-44/h1-35,46-47,49H,36-37H2/t46?,47-/m0/s1. The molecule has 0 saturated carbocycles. The van der Waals surface area contributed by atoms with Crippen LogP contribution in [-0.2, 0) is 6.54 Å². The monoisotopic (exact) mass is 696 g/mol. The lowest BCUT2D eigenvalue weighted by Crippen LogP contribution is -2.30. The number of hydrogen-bond donors (Lipinski definition) is 1. The van der Waals surface area contributed by atoms with Crippen molar-refractivity contribution in [3.8, 4) is 0 Å². The quantitative estimate of drug-likeness (QED) is 0.0890. The van der Waals surface area contributed by atoms with E-state index in [1.54, 1.807) is 0 Å². The summed E-state index contributed by atoms with van der Waals surface area (Å²) in [5.74, 6) is 0. The van der Waals surface area contributed by atoms with Crippen molar-refractivity contribution < 1.29 is 0 Å². The highest BCUT2D eigenvalue weighted by molar-refractivity contribution is 7.80. The number of benzene rings is 7. The van der Waals surface area contributed by atoms with Crippen LogP contribution in [0, 0.1) is 0 Å². The molecule has 1 N–H and O–H groups in total. The topological polar surface area (TPSA) is 24.4 Å². The first kappa shape index (κ1) is 34.5. The van der Waals surface area contributed by atoms with E-state index in [4.69, 9.17) is 4.99 Å². The fraction of sp³-hybridized carbons (Fsp3) is 0.0851. The van der Waals surface area contributed by atoms with Crippen molar-refractivity contribution in [3.05, 3.63) is 223 Å². The zero-order chi connectivity index (χ0) is 34.5. The maximum atomic E-state index is 5.46. The van der Waals surface area contributed by atoms with Crippen LogP contribution in [0.15, 0.2) is 211 Å². The summed E-state index contributed by atoms with van der Waals surface area (Å²) < 4.78 is 0. The lowest BCUT2D eigenvalue weighted by molar-refractivity contribution is 0.455. The zero-order valence-electron chi connectivity index (χ0n) is 28.6. The van der Waals surface area contributed by atoms with E-state index in [0.717, 1.165) is 6.16 Å². The van der Waals surface area contributed by atoms with Crippen molar-refractivity contribution >= 4 is 48.6 Å². The molecule has 51 heavy (non-hydrogen) atoms. The third-order valence-electron chi connectivity index (χ3n) is 9.06. The maximum absolute atomic E-state index is 5.46. The molecule has 2 nitrogen and oxygen atoms in total. The van der Waals surface area contributed by atoms with E-state index in [0.29, 0.717) is 6.54 Å². The van der Waals surface area contributed by atoms with Crippen LogP contribution in [0.4, 0.5) is 0 Å². The minimum atomic E-state index is -0.740. The second-order valence-corrected chi connectivity index (χ2v) is 16.8. The first-order valence-corrected chi connectivity index (χ1v) is 20.4. The van der Waals surface area contributed by atoms with Crippen molar-refractivity contribution in [3.63, 3.8) is 0 Å². The number of rotatable bonds is 14. The van der Waals surface area contributed by atoms with Crippen molar-refractivity contribution in [2.45, 2.75) is 18.6 Å². The molecule has 0 saturated heterocycles. The number of aliphatic imine (C=N–C) groups is 1. The van der Waals surface area contributed by atoms with E-state index in [1.807, 2.05) is 0 Å². The third-order valence-corrected chi connectivity index (χ3v) is 14.0. The second-order valence-electron chi connectivity index (χ2n) is 12.4. The van der Waals surface area contributed by atoms with Gasteiger partial charge in [0.05, 0.1) is 12.1 Å². The van der Waals surface area contributed by atoms with E-state index in [2.05, 4.69) is 218 Å². The molecule has 0 spiro atoms. The van der Waals surface area contributed by atoms with Gasteiger partial charge in [-0.1, -0.05) is 206 Å². The molecule has 0 aromatic heterocycles. The number of hydrogen-bond acceptors (Lipinski definition) is 2. The lowest BCUT2D eigenvalue weighted by atomic mass is 9.93. The molecule has 0 amide bonds. The van der Waals surface area contributed by atoms with E-state index in [9.17, 15) is 0 Å². The molecule has 4 heteroatoms. The van der Waals surface area contributed by atoms with E-state index >= 15 is 0 Å². The summed E-state index contributed by atoms with van der Waals surface area (Å²) >= 11 is 0. The van der Waals surface area contributed by atoms with Crippen LogP contribution < -0.4 is 31.8 Å².